The number of H-pyrrole nitrogens is 1. The Bertz CT molecular complexity index is 974. The van der Waals surface area contributed by atoms with Crippen LogP contribution < -0.4 is 5.56 Å². The second-order valence-electron chi connectivity index (χ2n) is 6.24. The lowest BCUT2D eigenvalue weighted by atomic mass is 10.2. The van der Waals surface area contributed by atoms with E-state index in [1.165, 1.54) is 0 Å². The molecule has 0 radical (unpaired) electrons. The maximum absolute atomic E-state index is 12.9. The molecular formula is C17H19N5O2. The SMILES string of the molecule is CN1CCCN(C(=O)c2cnn3c2[nH]c(=O)c2ccccc23)CC1. The molecule has 0 aliphatic carbocycles. The fraction of sp³-hybridized carbons (Fsp3) is 0.353. The highest BCUT2D eigenvalue weighted by Crippen LogP contribution is 2.16. The van der Waals surface area contributed by atoms with Gasteiger partial charge in [0.15, 0.2) is 0 Å². The predicted octanol–water partition coefficient (Wildman–Crippen LogP) is 0.953. The zero-order valence-corrected chi connectivity index (χ0v) is 13.5. The Morgan fingerprint density at radius 3 is 2.88 bits per heavy atom. The van der Waals surface area contributed by atoms with Gasteiger partial charge in [0.1, 0.15) is 11.2 Å². The summed E-state index contributed by atoms with van der Waals surface area (Å²) in [6.45, 7) is 3.24. The summed E-state index contributed by atoms with van der Waals surface area (Å²) in [5.74, 6) is -0.0776. The summed E-state index contributed by atoms with van der Waals surface area (Å²) in [5.41, 5.74) is 1.40. The molecule has 3 heterocycles. The lowest BCUT2D eigenvalue weighted by Gasteiger charge is -2.19. The number of hydrogen-bond donors (Lipinski definition) is 1. The molecule has 1 aliphatic heterocycles. The molecule has 1 fully saturated rings. The number of fused-ring (bicyclic) bond motifs is 3. The van der Waals surface area contributed by atoms with Gasteiger partial charge in [-0.25, -0.2) is 4.52 Å². The van der Waals surface area contributed by atoms with Gasteiger partial charge in [-0.3, -0.25) is 9.59 Å². The van der Waals surface area contributed by atoms with E-state index >= 15 is 0 Å². The molecule has 0 atom stereocenters. The summed E-state index contributed by atoms with van der Waals surface area (Å²) in [4.78, 5) is 32.1. The highest BCUT2D eigenvalue weighted by molar-refractivity contribution is 6.00. The van der Waals surface area contributed by atoms with Crippen molar-refractivity contribution in [3.8, 4) is 0 Å². The molecule has 1 saturated heterocycles. The largest absolute Gasteiger partial charge is 0.337 e. The summed E-state index contributed by atoms with van der Waals surface area (Å²) < 4.78 is 1.63. The first-order valence-corrected chi connectivity index (χ1v) is 8.12. The van der Waals surface area contributed by atoms with Crippen molar-refractivity contribution in [2.45, 2.75) is 6.42 Å². The van der Waals surface area contributed by atoms with Gasteiger partial charge < -0.3 is 14.8 Å². The first-order chi connectivity index (χ1) is 11.6. The van der Waals surface area contributed by atoms with Gasteiger partial charge in [-0.1, -0.05) is 12.1 Å². The summed E-state index contributed by atoms with van der Waals surface area (Å²) >= 11 is 0. The van der Waals surface area contributed by atoms with Gasteiger partial charge in [-0.05, 0) is 32.1 Å². The molecule has 24 heavy (non-hydrogen) atoms. The second-order valence-corrected chi connectivity index (χ2v) is 6.24. The van der Waals surface area contributed by atoms with E-state index in [4.69, 9.17) is 0 Å². The van der Waals surface area contributed by atoms with E-state index < -0.39 is 0 Å². The van der Waals surface area contributed by atoms with Crippen LogP contribution in [0.5, 0.6) is 0 Å². The Labute approximate surface area is 138 Å². The second kappa shape index (κ2) is 5.76. The molecule has 3 aromatic rings. The molecule has 2 aromatic heterocycles. The first-order valence-electron chi connectivity index (χ1n) is 8.12. The van der Waals surface area contributed by atoms with E-state index in [0.29, 0.717) is 28.7 Å². The molecule has 1 N–H and O–H groups in total. The lowest BCUT2D eigenvalue weighted by Crippen LogP contribution is -2.34. The molecule has 0 spiro atoms. The third kappa shape index (κ3) is 2.37. The molecule has 1 amide bonds. The zero-order chi connectivity index (χ0) is 16.7. The molecule has 1 aromatic carbocycles. The van der Waals surface area contributed by atoms with Crippen molar-refractivity contribution in [3.63, 3.8) is 0 Å². The third-order valence-electron chi connectivity index (χ3n) is 4.62. The highest BCUT2D eigenvalue weighted by Gasteiger charge is 2.23. The van der Waals surface area contributed by atoms with E-state index in [2.05, 4.69) is 22.0 Å². The Hall–Kier alpha value is -2.67. The fourth-order valence-corrected chi connectivity index (χ4v) is 3.25. The Kier molecular flexibility index (Phi) is 3.57. The number of aromatic amines is 1. The number of amides is 1. The quantitative estimate of drug-likeness (QED) is 0.723. The van der Waals surface area contributed by atoms with Gasteiger partial charge in [0.05, 0.1) is 17.1 Å². The number of aromatic nitrogens is 3. The van der Waals surface area contributed by atoms with Crippen LogP contribution >= 0.6 is 0 Å². The van der Waals surface area contributed by atoms with Crippen molar-refractivity contribution in [2.24, 2.45) is 0 Å². The van der Waals surface area contributed by atoms with E-state index in [-0.39, 0.29) is 11.5 Å². The minimum atomic E-state index is -0.205. The number of nitrogens with zero attached hydrogens (tertiary/aromatic N) is 4. The van der Waals surface area contributed by atoms with Crippen LogP contribution in [0.3, 0.4) is 0 Å². The Balaban J connectivity index is 1.80. The number of carbonyl (C=O) groups is 1. The molecule has 7 heteroatoms. The van der Waals surface area contributed by atoms with Crippen molar-refractivity contribution in [1.29, 1.82) is 0 Å². The molecule has 0 unspecified atom stereocenters. The van der Waals surface area contributed by atoms with Crippen molar-refractivity contribution >= 4 is 22.5 Å². The van der Waals surface area contributed by atoms with Crippen LogP contribution in [-0.2, 0) is 0 Å². The topological polar surface area (TPSA) is 73.7 Å². The van der Waals surface area contributed by atoms with Gasteiger partial charge in [0, 0.05) is 19.6 Å². The standard InChI is InChI=1S/C17H19N5O2/c1-20-7-4-8-21(10-9-20)17(24)13-11-18-22-14-6-3-2-5-12(14)16(23)19-15(13)22/h2-3,5-6,11H,4,7-10H2,1H3,(H,19,23). The van der Waals surface area contributed by atoms with Gasteiger partial charge in [-0.15, -0.1) is 0 Å². The molecule has 4 rings (SSSR count). The maximum atomic E-state index is 12.9. The number of rotatable bonds is 1. The van der Waals surface area contributed by atoms with Gasteiger partial charge >= 0.3 is 0 Å². The van der Waals surface area contributed by atoms with Crippen LogP contribution in [0.1, 0.15) is 16.8 Å². The summed E-state index contributed by atoms with van der Waals surface area (Å²) in [5, 5.41) is 4.89. The van der Waals surface area contributed by atoms with Crippen molar-refractivity contribution in [1.82, 2.24) is 24.4 Å². The third-order valence-corrected chi connectivity index (χ3v) is 4.62. The van der Waals surface area contributed by atoms with E-state index in [1.54, 1.807) is 16.8 Å². The van der Waals surface area contributed by atoms with Crippen molar-refractivity contribution in [3.05, 3.63) is 46.4 Å². The highest BCUT2D eigenvalue weighted by atomic mass is 16.2. The van der Waals surface area contributed by atoms with Crippen LogP contribution in [-0.4, -0.2) is 63.5 Å². The average molecular weight is 325 g/mol. The smallest absolute Gasteiger partial charge is 0.259 e. The monoisotopic (exact) mass is 325 g/mol. The summed E-state index contributed by atoms with van der Waals surface area (Å²) in [7, 11) is 2.06. The lowest BCUT2D eigenvalue weighted by molar-refractivity contribution is 0.0764. The predicted molar refractivity (Wildman–Crippen MR) is 91.3 cm³/mol. The van der Waals surface area contributed by atoms with Gasteiger partial charge in [0.25, 0.3) is 11.5 Å². The van der Waals surface area contributed by atoms with Gasteiger partial charge in [0.2, 0.25) is 0 Å². The van der Waals surface area contributed by atoms with Crippen molar-refractivity contribution < 1.29 is 4.79 Å². The number of para-hydroxylation sites is 1. The van der Waals surface area contributed by atoms with E-state index in [1.807, 2.05) is 23.1 Å². The van der Waals surface area contributed by atoms with Crippen LogP contribution in [0.25, 0.3) is 16.6 Å². The minimum Gasteiger partial charge on any atom is -0.337 e. The van der Waals surface area contributed by atoms with Crippen LogP contribution in [0, 0.1) is 0 Å². The number of carbonyl (C=O) groups excluding carboxylic acids is 1. The molecule has 124 valence electrons. The van der Waals surface area contributed by atoms with Crippen LogP contribution in [0.15, 0.2) is 35.3 Å². The van der Waals surface area contributed by atoms with E-state index in [0.717, 1.165) is 26.1 Å². The fourth-order valence-electron chi connectivity index (χ4n) is 3.25. The molecule has 1 aliphatic rings. The number of hydrogen-bond acceptors (Lipinski definition) is 4. The Morgan fingerprint density at radius 2 is 2.00 bits per heavy atom. The van der Waals surface area contributed by atoms with Crippen LogP contribution in [0.2, 0.25) is 0 Å². The van der Waals surface area contributed by atoms with Gasteiger partial charge in [-0.2, -0.15) is 5.10 Å². The number of nitrogens with one attached hydrogen (secondary N) is 1. The zero-order valence-electron chi connectivity index (χ0n) is 13.5. The summed E-state index contributed by atoms with van der Waals surface area (Å²) in [6.07, 6.45) is 2.50. The molecule has 0 bridgehead atoms. The Morgan fingerprint density at radius 1 is 1.17 bits per heavy atom. The minimum absolute atomic E-state index is 0.0776. The first kappa shape index (κ1) is 14.9. The normalized spacial score (nSPS) is 16.6. The van der Waals surface area contributed by atoms with Crippen molar-refractivity contribution in [2.75, 3.05) is 33.2 Å². The maximum Gasteiger partial charge on any atom is 0.259 e. The molecule has 0 saturated carbocycles. The number of likely N-dealkylation sites (N-methyl/N-ethyl adjacent to an activating group) is 1. The van der Waals surface area contributed by atoms with E-state index in [9.17, 15) is 9.59 Å². The summed E-state index contributed by atoms with van der Waals surface area (Å²) in [6, 6.07) is 7.25. The molecule has 7 nitrogen and oxygen atoms in total. The number of benzene rings is 1. The average Bonchev–Trinajstić information content (AvgIpc) is 2.89. The molecular weight excluding hydrogens is 306 g/mol. The van der Waals surface area contributed by atoms with Crippen LogP contribution in [0.4, 0.5) is 0 Å².